The summed E-state index contributed by atoms with van der Waals surface area (Å²) >= 11 is 1.47. The van der Waals surface area contributed by atoms with Gasteiger partial charge in [-0.25, -0.2) is 8.42 Å². The molecule has 0 spiro atoms. The monoisotopic (exact) mass is 481 g/mol. The minimum Gasteiger partial charge on any atom is -0.480 e. The molecule has 0 radical (unpaired) electrons. The lowest BCUT2D eigenvalue weighted by molar-refractivity contribution is -0.139. The van der Waals surface area contributed by atoms with Crippen molar-refractivity contribution < 1.29 is 18.3 Å². The average Bonchev–Trinajstić information content (AvgIpc) is 2.76. The first-order chi connectivity index (χ1) is 15.2. The Kier molecular flexibility index (Phi) is 10.3. The SMILES string of the molecule is CSCC[C@H](NS(=O)(=O)c1cccc2c(N(C)C)cccc12)C(=O)O.NC1CCCCC1. The number of carboxylic acids is 1. The maximum Gasteiger partial charge on any atom is 0.321 e. The van der Waals surface area contributed by atoms with Gasteiger partial charge in [-0.2, -0.15) is 16.5 Å². The molecule has 1 aliphatic carbocycles. The number of hydrogen-bond donors (Lipinski definition) is 3. The Hall–Kier alpha value is -1.81. The standard InChI is InChI=1S/C17H22N2O4S2.C6H13N/c1-19(2)15-8-4-7-13-12(15)6-5-9-16(13)25(22,23)18-14(17(20)21)10-11-24-3;7-6-4-2-1-3-5-6/h4-9,14,18H,10-11H2,1-3H3,(H,20,21);6H,1-5,7H2/t14-;/m0./s1. The number of hydrogen-bond acceptors (Lipinski definition) is 6. The number of benzene rings is 2. The van der Waals surface area contributed by atoms with E-state index in [1.165, 1.54) is 49.9 Å². The second kappa shape index (κ2) is 12.4. The third-order valence-electron chi connectivity index (χ3n) is 5.49. The van der Waals surface area contributed by atoms with E-state index >= 15 is 0 Å². The molecule has 2 aromatic rings. The predicted octanol–water partition coefficient (Wildman–Crippen LogP) is 3.67. The molecular weight excluding hydrogens is 446 g/mol. The highest BCUT2D eigenvalue weighted by molar-refractivity contribution is 7.98. The van der Waals surface area contributed by atoms with Gasteiger partial charge in [-0.15, -0.1) is 0 Å². The van der Waals surface area contributed by atoms with E-state index in [0.717, 1.165) is 11.1 Å². The summed E-state index contributed by atoms with van der Waals surface area (Å²) in [5, 5.41) is 10.7. The number of nitrogens with one attached hydrogen (secondary N) is 1. The van der Waals surface area contributed by atoms with Crippen LogP contribution in [0.2, 0.25) is 0 Å². The molecule has 0 aromatic heterocycles. The van der Waals surface area contributed by atoms with E-state index in [0.29, 0.717) is 17.2 Å². The highest BCUT2D eigenvalue weighted by Crippen LogP contribution is 2.30. The molecule has 2 aromatic carbocycles. The first-order valence-electron chi connectivity index (χ1n) is 10.9. The van der Waals surface area contributed by atoms with Crippen LogP contribution in [0.4, 0.5) is 5.69 Å². The number of thioether (sulfide) groups is 1. The maximum absolute atomic E-state index is 12.8. The van der Waals surface area contributed by atoms with Gasteiger partial charge in [0.15, 0.2) is 0 Å². The number of carbonyl (C=O) groups is 1. The summed E-state index contributed by atoms with van der Waals surface area (Å²) < 4.78 is 28.0. The van der Waals surface area contributed by atoms with Crippen LogP contribution >= 0.6 is 11.8 Å². The number of nitrogens with zero attached hydrogens (tertiary/aromatic N) is 1. The largest absolute Gasteiger partial charge is 0.480 e. The summed E-state index contributed by atoms with van der Waals surface area (Å²) in [6, 6.07) is 9.84. The molecule has 0 heterocycles. The van der Waals surface area contributed by atoms with Crippen molar-refractivity contribution in [3.8, 4) is 0 Å². The van der Waals surface area contributed by atoms with E-state index in [2.05, 4.69) is 4.72 Å². The Morgan fingerprint density at radius 1 is 1.16 bits per heavy atom. The van der Waals surface area contributed by atoms with Gasteiger partial charge in [0.05, 0.1) is 4.90 Å². The van der Waals surface area contributed by atoms with Gasteiger partial charge >= 0.3 is 5.97 Å². The summed E-state index contributed by atoms with van der Waals surface area (Å²) in [6.07, 6.45) is 8.74. The Bertz CT molecular complexity index is 990. The minimum atomic E-state index is -3.96. The molecule has 178 valence electrons. The molecule has 4 N–H and O–H groups in total. The molecule has 32 heavy (non-hydrogen) atoms. The molecule has 0 unspecified atom stereocenters. The predicted molar refractivity (Wildman–Crippen MR) is 134 cm³/mol. The summed E-state index contributed by atoms with van der Waals surface area (Å²) in [6.45, 7) is 0. The lowest BCUT2D eigenvalue weighted by Crippen LogP contribution is -2.41. The number of carboxylic acid groups (broad SMARTS) is 1. The van der Waals surface area contributed by atoms with Gasteiger partial charge in [-0.1, -0.05) is 43.5 Å². The fraction of sp³-hybridized carbons (Fsp3) is 0.522. The van der Waals surface area contributed by atoms with Gasteiger partial charge in [-0.3, -0.25) is 4.79 Å². The lowest BCUT2D eigenvalue weighted by atomic mass is 9.97. The van der Waals surface area contributed by atoms with Gasteiger partial charge < -0.3 is 15.7 Å². The van der Waals surface area contributed by atoms with Crippen molar-refractivity contribution in [2.24, 2.45) is 5.73 Å². The van der Waals surface area contributed by atoms with Gasteiger partial charge in [-0.05, 0) is 43.4 Å². The van der Waals surface area contributed by atoms with Crippen LogP contribution in [-0.2, 0) is 14.8 Å². The van der Waals surface area contributed by atoms with E-state index < -0.39 is 22.0 Å². The van der Waals surface area contributed by atoms with Crippen LogP contribution in [0.25, 0.3) is 10.8 Å². The van der Waals surface area contributed by atoms with E-state index in [1.807, 2.05) is 37.4 Å². The van der Waals surface area contributed by atoms with Crippen molar-refractivity contribution in [2.75, 3.05) is 31.0 Å². The number of anilines is 1. The van der Waals surface area contributed by atoms with Crippen molar-refractivity contribution in [2.45, 2.75) is 55.5 Å². The molecule has 9 heteroatoms. The summed E-state index contributed by atoms with van der Waals surface area (Å²) in [4.78, 5) is 13.4. The van der Waals surface area contributed by atoms with Gasteiger partial charge in [0.25, 0.3) is 0 Å². The molecule has 0 amide bonds. The number of sulfonamides is 1. The highest BCUT2D eigenvalue weighted by Gasteiger charge is 2.26. The Labute approximate surface area is 195 Å². The van der Waals surface area contributed by atoms with Crippen molar-refractivity contribution in [1.29, 1.82) is 0 Å². The summed E-state index contributed by atoms with van der Waals surface area (Å²) in [5.74, 6) is -0.619. The van der Waals surface area contributed by atoms with Crippen molar-refractivity contribution >= 4 is 44.2 Å². The molecular formula is C23H35N3O4S2. The van der Waals surface area contributed by atoms with E-state index in [9.17, 15) is 18.3 Å². The third kappa shape index (κ3) is 7.37. The fourth-order valence-corrected chi connectivity index (χ4v) is 5.66. The molecule has 0 aliphatic heterocycles. The molecule has 3 rings (SSSR count). The maximum atomic E-state index is 12.8. The number of aliphatic carboxylic acids is 1. The van der Waals surface area contributed by atoms with Crippen LogP contribution in [0, 0.1) is 0 Å². The summed E-state index contributed by atoms with van der Waals surface area (Å²) in [7, 11) is -0.191. The number of nitrogens with two attached hydrogens (primary N) is 1. The van der Waals surface area contributed by atoms with Crippen LogP contribution in [0.3, 0.4) is 0 Å². The second-order valence-corrected chi connectivity index (χ2v) is 10.9. The fourth-order valence-electron chi connectivity index (χ4n) is 3.74. The number of fused-ring (bicyclic) bond motifs is 1. The first-order valence-corrected chi connectivity index (χ1v) is 13.7. The van der Waals surface area contributed by atoms with Crippen LogP contribution in [0.15, 0.2) is 41.3 Å². The zero-order valence-electron chi connectivity index (χ0n) is 19.1. The molecule has 0 saturated heterocycles. The number of rotatable bonds is 8. The van der Waals surface area contributed by atoms with Crippen LogP contribution < -0.4 is 15.4 Å². The van der Waals surface area contributed by atoms with E-state index in [-0.39, 0.29) is 11.3 Å². The zero-order chi connectivity index (χ0) is 23.7. The van der Waals surface area contributed by atoms with Gasteiger partial charge in [0, 0.05) is 36.6 Å². The van der Waals surface area contributed by atoms with Crippen LogP contribution in [0.5, 0.6) is 0 Å². The first kappa shape index (κ1) is 26.4. The molecule has 1 fully saturated rings. The van der Waals surface area contributed by atoms with Crippen molar-refractivity contribution in [3.63, 3.8) is 0 Å². The molecule has 1 saturated carbocycles. The smallest absolute Gasteiger partial charge is 0.321 e. The zero-order valence-corrected chi connectivity index (χ0v) is 20.7. The topological polar surface area (TPSA) is 113 Å². The van der Waals surface area contributed by atoms with Gasteiger partial charge in [0.1, 0.15) is 6.04 Å². The average molecular weight is 482 g/mol. The Morgan fingerprint density at radius 2 is 1.78 bits per heavy atom. The van der Waals surface area contributed by atoms with Crippen LogP contribution in [-0.4, -0.2) is 57.7 Å². The Morgan fingerprint density at radius 3 is 2.31 bits per heavy atom. The Balaban J connectivity index is 0.000000439. The summed E-state index contributed by atoms with van der Waals surface area (Å²) in [5.41, 5.74) is 6.53. The highest BCUT2D eigenvalue weighted by atomic mass is 32.2. The molecule has 1 atom stereocenters. The van der Waals surface area contributed by atoms with Crippen LogP contribution in [0.1, 0.15) is 38.5 Å². The second-order valence-electron chi connectivity index (χ2n) is 8.21. The quantitative estimate of drug-likeness (QED) is 0.527. The molecule has 7 nitrogen and oxygen atoms in total. The van der Waals surface area contributed by atoms with Crippen molar-refractivity contribution in [3.05, 3.63) is 36.4 Å². The third-order valence-corrected chi connectivity index (χ3v) is 7.66. The van der Waals surface area contributed by atoms with Crippen molar-refractivity contribution in [1.82, 2.24) is 4.72 Å². The van der Waals surface area contributed by atoms with E-state index in [1.54, 1.807) is 18.2 Å². The lowest BCUT2D eigenvalue weighted by Gasteiger charge is -2.18. The van der Waals surface area contributed by atoms with E-state index in [4.69, 9.17) is 5.73 Å². The minimum absolute atomic E-state index is 0.0871. The molecule has 1 aliphatic rings. The van der Waals surface area contributed by atoms with Gasteiger partial charge in [0.2, 0.25) is 10.0 Å². The molecule has 0 bridgehead atoms. The normalized spacial score (nSPS) is 15.6.